The molecule has 0 aliphatic carbocycles. The predicted octanol–water partition coefficient (Wildman–Crippen LogP) is 11.2. The van der Waals surface area contributed by atoms with Crippen LogP contribution >= 0.6 is 11.3 Å². The van der Waals surface area contributed by atoms with Crippen molar-refractivity contribution in [3.8, 4) is 56.0 Å². The molecule has 0 unspecified atom stereocenters. The number of aromatic nitrogens is 2. The van der Waals surface area contributed by atoms with Crippen molar-refractivity contribution in [1.29, 1.82) is 0 Å². The van der Waals surface area contributed by atoms with Crippen molar-refractivity contribution >= 4 is 31.6 Å². The van der Waals surface area contributed by atoms with Crippen LogP contribution in [-0.2, 0) is 0 Å². The van der Waals surface area contributed by atoms with Gasteiger partial charge in [0.2, 0.25) is 0 Å². The number of hydrogen-bond donors (Lipinski definition) is 0. The Bertz CT molecular complexity index is 2160. The summed E-state index contributed by atoms with van der Waals surface area (Å²) in [6, 6.07) is 55.6. The second-order valence-electron chi connectivity index (χ2n) is 10.6. The largest absolute Gasteiger partial charge is 0.226 e. The van der Waals surface area contributed by atoms with Crippen LogP contribution < -0.4 is 0 Å². The van der Waals surface area contributed by atoms with Gasteiger partial charge in [-0.15, -0.1) is 11.3 Å². The monoisotopic (exact) mass is 566 g/mol. The summed E-state index contributed by atoms with van der Waals surface area (Å²) in [5, 5.41) is 1.16. The van der Waals surface area contributed by atoms with Gasteiger partial charge in [0.25, 0.3) is 0 Å². The summed E-state index contributed by atoms with van der Waals surface area (Å²) in [5.74, 6) is 0.728. The van der Waals surface area contributed by atoms with E-state index in [-0.39, 0.29) is 0 Å². The minimum absolute atomic E-state index is 0.728. The minimum atomic E-state index is 0.728. The lowest BCUT2D eigenvalue weighted by molar-refractivity contribution is 1.24. The molecular weight excluding hydrogens is 541 g/mol. The van der Waals surface area contributed by atoms with E-state index in [1.807, 2.05) is 0 Å². The highest BCUT2D eigenvalue weighted by Crippen LogP contribution is 2.41. The summed E-state index contributed by atoms with van der Waals surface area (Å²) >= 11 is 1.76. The summed E-state index contributed by atoms with van der Waals surface area (Å²) in [4.78, 5) is 10.6. The van der Waals surface area contributed by atoms with Crippen LogP contribution in [0.4, 0.5) is 0 Å². The zero-order chi connectivity index (χ0) is 28.6. The molecule has 0 bridgehead atoms. The molecule has 8 aromatic rings. The molecule has 6 aromatic carbocycles. The third-order valence-corrected chi connectivity index (χ3v) is 9.04. The van der Waals surface area contributed by atoms with Crippen molar-refractivity contribution in [2.45, 2.75) is 0 Å². The Kier molecular flexibility index (Phi) is 6.36. The molecule has 43 heavy (non-hydrogen) atoms. The Balaban J connectivity index is 1.39. The molecule has 8 rings (SSSR count). The summed E-state index contributed by atoms with van der Waals surface area (Å²) in [7, 11) is 0. The standard InChI is InChI=1S/C40H26N2S/c1-4-13-27(14-5-1)30-19-12-20-31(23-30)37-39-38(35-21-10-11-22-36(35)43-39)42-40(41-37)34-25-32(28-15-6-2-7-16-28)24-33(26-34)29-17-8-3-9-18-29/h1-26H. The van der Waals surface area contributed by atoms with Crippen LogP contribution in [0.3, 0.4) is 0 Å². The van der Waals surface area contributed by atoms with Gasteiger partial charge >= 0.3 is 0 Å². The smallest absolute Gasteiger partial charge is 0.160 e. The highest BCUT2D eigenvalue weighted by molar-refractivity contribution is 7.26. The van der Waals surface area contributed by atoms with Gasteiger partial charge in [0, 0.05) is 21.2 Å². The number of nitrogens with zero attached hydrogens (tertiary/aromatic N) is 2. The molecule has 0 N–H and O–H groups in total. The molecule has 0 atom stereocenters. The lowest BCUT2D eigenvalue weighted by Gasteiger charge is -2.12. The third-order valence-electron chi connectivity index (χ3n) is 7.87. The van der Waals surface area contributed by atoms with Crippen LogP contribution in [0.25, 0.3) is 76.3 Å². The fraction of sp³-hybridized carbons (Fsp3) is 0. The Morgan fingerprint density at radius 2 is 0.860 bits per heavy atom. The molecule has 0 aliphatic rings. The molecular formula is C40H26N2S. The normalized spacial score (nSPS) is 11.3. The molecule has 3 heteroatoms. The van der Waals surface area contributed by atoms with E-state index in [1.54, 1.807) is 11.3 Å². The zero-order valence-electron chi connectivity index (χ0n) is 23.3. The maximum absolute atomic E-state index is 5.34. The second-order valence-corrected chi connectivity index (χ2v) is 11.7. The first-order valence-corrected chi connectivity index (χ1v) is 15.2. The molecule has 202 valence electrons. The molecule has 0 aliphatic heterocycles. The van der Waals surface area contributed by atoms with E-state index in [0.717, 1.165) is 49.4 Å². The van der Waals surface area contributed by atoms with E-state index in [9.17, 15) is 0 Å². The lowest BCUT2D eigenvalue weighted by Crippen LogP contribution is -1.95. The van der Waals surface area contributed by atoms with Gasteiger partial charge < -0.3 is 0 Å². The average molecular weight is 567 g/mol. The number of thiophene rings is 1. The average Bonchev–Trinajstić information content (AvgIpc) is 3.48. The lowest BCUT2D eigenvalue weighted by atomic mass is 9.95. The van der Waals surface area contributed by atoms with Gasteiger partial charge in [-0.3, -0.25) is 0 Å². The highest BCUT2D eigenvalue weighted by atomic mass is 32.1. The summed E-state index contributed by atoms with van der Waals surface area (Å²) < 4.78 is 2.32. The summed E-state index contributed by atoms with van der Waals surface area (Å²) in [5.41, 5.74) is 11.0. The maximum atomic E-state index is 5.34. The summed E-state index contributed by atoms with van der Waals surface area (Å²) in [6.45, 7) is 0. The van der Waals surface area contributed by atoms with Gasteiger partial charge in [-0.2, -0.15) is 0 Å². The van der Waals surface area contributed by atoms with Gasteiger partial charge in [-0.05, 0) is 63.7 Å². The van der Waals surface area contributed by atoms with Crippen LogP contribution in [0.5, 0.6) is 0 Å². The maximum Gasteiger partial charge on any atom is 0.160 e. The molecule has 2 aromatic heterocycles. The molecule has 0 saturated carbocycles. The first-order chi connectivity index (χ1) is 21.3. The molecule has 0 radical (unpaired) electrons. The molecule has 2 nitrogen and oxygen atoms in total. The zero-order valence-corrected chi connectivity index (χ0v) is 24.1. The molecule has 0 spiro atoms. The number of hydrogen-bond acceptors (Lipinski definition) is 3. The van der Waals surface area contributed by atoms with Crippen molar-refractivity contribution in [2.75, 3.05) is 0 Å². The second kappa shape index (κ2) is 10.8. The van der Waals surface area contributed by atoms with Crippen LogP contribution in [0.1, 0.15) is 0 Å². The van der Waals surface area contributed by atoms with Crippen molar-refractivity contribution in [3.05, 3.63) is 158 Å². The van der Waals surface area contributed by atoms with Gasteiger partial charge in [-0.25, -0.2) is 9.97 Å². The number of rotatable bonds is 5. The summed E-state index contributed by atoms with van der Waals surface area (Å²) in [6.07, 6.45) is 0. The van der Waals surface area contributed by atoms with Crippen molar-refractivity contribution in [2.24, 2.45) is 0 Å². The topological polar surface area (TPSA) is 25.8 Å². The number of fused-ring (bicyclic) bond motifs is 3. The molecule has 0 saturated heterocycles. The van der Waals surface area contributed by atoms with Gasteiger partial charge in [-0.1, -0.05) is 127 Å². The molecule has 0 fully saturated rings. The highest BCUT2D eigenvalue weighted by Gasteiger charge is 2.18. The SMILES string of the molecule is c1ccc(-c2cc(-c3ccccc3)cc(-c3nc(-c4cccc(-c5ccccc5)c4)c4sc5ccccc5c4n3)c2)cc1. The van der Waals surface area contributed by atoms with Crippen molar-refractivity contribution in [3.63, 3.8) is 0 Å². The van der Waals surface area contributed by atoms with E-state index >= 15 is 0 Å². The van der Waals surface area contributed by atoms with E-state index in [1.165, 1.54) is 27.0 Å². The number of benzene rings is 6. The fourth-order valence-corrected chi connectivity index (χ4v) is 6.90. The first kappa shape index (κ1) is 25.3. The van der Waals surface area contributed by atoms with E-state index in [0.29, 0.717) is 0 Å². The van der Waals surface area contributed by atoms with E-state index in [2.05, 4.69) is 158 Å². The van der Waals surface area contributed by atoms with Gasteiger partial charge in [0.05, 0.1) is 15.9 Å². The van der Waals surface area contributed by atoms with Gasteiger partial charge in [0.1, 0.15) is 0 Å². The molecule has 2 heterocycles. The Hall–Kier alpha value is -5.38. The Labute approximate surface area is 254 Å². The Morgan fingerprint density at radius 1 is 0.372 bits per heavy atom. The van der Waals surface area contributed by atoms with E-state index in [4.69, 9.17) is 9.97 Å². The molecule has 0 amide bonds. The Morgan fingerprint density at radius 3 is 1.51 bits per heavy atom. The minimum Gasteiger partial charge on any atom is -0.226 e. The van der Waals surface area contributed by atoms with Gasteiger partial charge in [0.15, 0.2) is 5.82 Å². The van der Waals surface area contributed by atoms with Crippen molar-refractivity contribution < 1.29 is 0 Å². The van der Waals surface area contributed by atoms with Crippen molar-refractivity contribution in [1.82, 2.24) is 9.97 Å². The van der Waals surface area contributed by atoms with Crippen LogP contribution in [0, 0.1) is 0 Å². The van der Waals surface area contributed by atoms with Crippen LogP contribution in [0.15, 0.2) is 158 Å². The predicted molar refractivity (Wildman–Crippen MR) is 182 cm³/mol. The van der Waals surface area contributed by atoms with Crippen LogP contribution in [0.2, 0.25) is 0 Å². The fourth-order valence-electron chi connectivity index (χ4n) is 5.74. The third kappa shape index (κ3) is 4.80. The quantitative estimate of drug-likeness (QED) is 0.207. The first-order valence-electron chi connectivity index (χ1n) is 14.4. The van der Waals surface area contributed by atoms with Crippen LogP contribution in [-0.4, -0.2) is 9.97 Å². The van der Waals surface area contributed by atoms with E-state index < -0.39 is 0 Å².